The van der Waals surface area contributed by atoms with Crippen molar-refractivity contribution in [3.63, 3.8) is 0 Å². The lowest BCUT2D eigenvalue weighted by Gasteiger charge is -2.35. The lowest BCUT2D eigenvalue weighted by molar-refractivity contribution is 0.0742. The summed E-state index contributed by atoms with van der Waals surface area (Å²) in [6, 6.07) is 13.9. The Morgan fingerprint density at radius 3 is 2.52 bits per heavy atom. The third kappa shape index (κ3) is 4.31. The topological polar surface area (TPSA) is 49.3 Å². The van der Waals surface area contributed by atoms with Crippen molar-refractivity contribution in [2.24, 2.45) is 0 Å². The minimum absolute atomic E-state index is 0.109. The van der Waals surface area contributed by atoms with E-state index < -0.39 is 0 Å². The van der Waals surface area contributed by atoms with Crippen LogP contribution in [0.4, 0.5) is 5.95 Å². The van der Waals surface area contributed by atoms with Crippen molar-refractivity contribution in [1.29, 1.82) is 0 Å². The van der Waals surface area contributed by atoms with Crippen LogP contribution < -0.4 is 4.90 Å². The van der Waals surface area contributed by atoms with Gasteiger partial charge in [0.05, 0.1) is 5.56 Å². The van der Waals surface area contributed by atoms with Crippen LogP contribution >= 0.6 is 23.1 Å². The SMILES string of the molecule is O=C(c1ccccc1SCc1cccs1)N1CCN(c2ncccn2)CC1. The van der Waals surface area contributed by atoms with Gasteiger partial charge in [0.1, 0.15) is 0 Å². The molecular weight excluding hydrogens is 376 g/mol. The fourth-order valence-corrected chi connectivity index (χ4v) is 4.86. The van der Waals surface area contributed by atoms with Gasteiger partial charge in [0, 0.05) is 54.1 Å². The highest BCUT2D eigenvalue weighted by molar-refractivity contribution is 7.98. The van der Waals surface area contributed by atoms with Crippen molar-refractivity contribution in [3.8, 4) is 0 Å². The van der Waals surface area contributed by atoms with Gasteiger partial charge >= 0.3 is 0 Å². The lowest BCUT2D eigenvalue weighted by Crippen LogP contribution is -2.49. The smallest absolute Gasteiger partial charge is 0.255 e. The van der Waals surface area contributed by atoms with E-state index >= 15 is 0 Å². The number of anilines is 1. The molecule has 4 rings (SSSR count). The minimum atomic E-state index is 0.109. The van der Waals surface area contributed by atoms with Crippen LogP contribution in [0, 0.1) is 0 Å². The molecular formula is C20H20N4OS2. The monoisotopic (exact) mass is 396 g/mol. The van der Waals surface area contributed by atoms with Gasteiger partial charge in [-0.2, -0.15) is 0 Å². The van der Waals surface area contributed by atoms with E-state index in [0.717, 1.165) is 35.2 Å². The first-order chi connectivity index (χ1) is 13.3. The maximum Gasteiger partial charge on any atom is 0.255 e. The van der Waals surface area contributed by atoms with E-state index in [0.29, 0.717) is 13.1 Å². The molecule has 1 aliphatic heterocycles. The van der Waals surface area contributed by atoms with E-state index in [4.69, 9.17) is 0 Å². The molecule has 27 heavy (non-hydrogen) atoms. The van der Waals surface area contributed by atoms with Crippen LogP contribution in [-0.2, 0) is 5.75 Å². The van der Waals surface area contributed by atoms with Crippen molar-refractivity contribution in [3.05, 3.63) is 70.7 Å². The predicted molar refractivity (Wildman–Crippen MR) is 110 cm³/mol. The van der Waals surface area contributed by atoms with Gasteiger partial charge in [-0.3, -0.25) is 4.79 Å². The highest BCUT2D eigenvalue weighted by Gasteiger charge is 2.24. The maximum atomic E-state index is 13.1. The van der Waals surface area contributed by atoms with Crippen LogP contribution in [0.2, 0.25) is 0 Å². The number of rotatable bonds is 5. The molecule has 0 bridgehead atoms. The third-order valence-corrected chi connectivity index (χ3v) is 6.65. The quantitative estimate of drug-likeness (QED) is 0.614. The number of nitrogens with zero attached hydrogens (tertiary/aromatic N) is 4. The number of thiophene rings is 1. The molecule has 1 aromatic carbocycles. The average Bonchev–Trinajstić information content (AvgIpc) is 3.26. The van der Waals surface area contributed by atoms with Gasteiger partial charge in [0.25, 0.3) is 5.91 Å². The van der Waals surface area contributed by atoms with Crippen LogP contribution in [0.3, 0.4) is 0 Å². The summed E-state index contributed by atoms with van der Waals surface area (Å²) in [6.07, 6.45) is 3.50. The Labute approximate surface area is 167 Å². The normalized spacial score (nSPS) is 14.4. The summed E-state index contributed by atoms with van der Waals surface area (Å²) >= 11 is 3.48. The molecule has 138 valence electrons. The number of thioether (sulfide) groups is 1. The Morgan fingerprint density at radius 1 is 1.00 bits per heavy atom. The van der Waals surface area contributed by atoms with Crippen LogP contribution in [0.25, 0.3) is 0 Å². The highest BCUT2D eigenvalue weighted by Crippen LogP contribution is 2.29. The molecule has 7 heteroatoms. The largest absolute Gasteiger partial charge is 0.337 e. The molecule has 0 saturated carbocycles. The number of carbonyl (C=O) groups excluding carboxylic acids is 1. The second-order valence-electron chi connectivity index (χ2n) is 6.19. The molecule has 0 unspecified atom stereocenters. The average molecular weight is 397 g/mol. The van der Waals surface area contributed by atoms with Gasteiger partial charge in [-0.25, -0.2) is 9.97 Å². The molecule has 2 aromatic heterocycles. The standard InChI is InChI=1S/C20H20N4OS2/c25-19(23-10-12-24(13-11-23)20-21-8-4-9-22-20)17-6-1-2-7-18(17)27-15-16-5-3-14-26-16/h1-9,14H,10-13,15H2. The van der Waals surface area contributed by atoms with E-state index in [1.54, 1.807) is 35.5 Å². The summed E-state index contributed by atoms with van der Waals surface area (Å²) in [7, 11) is 0. The van der Waals surface area contributed by atoms with E-state index in [9.17, 15) is 4.79 Å². The number of hydrogen-bond acceptors (Lipinski definition) is 6. The molecule has 0 atom stereocenters. The summed E-state index contributed by atoms with van der Waals surface area (Å²) in [4.78, 5) is 28.1. The minimum Gasteiger partial charge on any atom is -0.337 e. The first-order valence-corrected chi connectivity index (χ1v) is 10.7. The molecule has 3 heterocycles. The number of amides is 1. The van der Waals surface area contributed by atoms with Gasteiger partial charge in [-0.1, -0.05) is 18.2 Å². The summed E-state index contributed by atoms with van der Waals surface area (Å²) in [5, 5.41) is 2.09. The maximum absolute atomic E-state index is 13.1. The zero-order chi connectivity index (χ0) is 18.5. The number of aromatic nitrogens is 2. The molecule has 5 nitrogen and oxygen atoms in total. The number of hydrogen-bond donors (Lipinski definition) is 0. The van der Waals surface area contributed by atoms with Crippen molar-refractivity contribution in [1.82, 2.24) is 14.9 Å². The van der Waals surface area contributed by atoms with Crippen LogP contribution in [-0.4, -0.2) is 47.0 Å². The van der Waals surface area contributed by atoms with Gasteiger partial charge in [-0.05, 0) is 29.6 Å². The zero-order valence-corrected chi connectivity index (χ0v) is 16.5. The van der Waals surface area contributed by atoms with Crippen LogP contribution in [0.5, 0.6) is 0 Å². The first kappa shape index (κ1) is 18.0. The number of piperazine rings is 1. The van der Waals surface area contributed by atoms with Crippen molar-refractivity contribution in [2.45, 2.75) is 10.6 Å². The molecule has 1 fully saturated rings. The fourth-order valence-electron chi connectivity index (χ4n) is 3.05. The second kappa shape index (κ2) is 8.54. The lowest BCUT2D eigenvalue weighted by atomic mass is 10.2. The molecule has 0 aliphatic carbocycles. The van der Waals surface area contributed by atoms with Gasteiger partial charge in [0.2, 0.25) is 5.95 Å². The molecule has 1 saturated heterocycles. The van der Waals surface area contributed by atoms with Crippen molar-refractivity contribution < 1.29 is 4.79 Å². The highest BCUT2D eigenvalue weighted by atomic mass is 32.2. The Balaban J connectivity index is 1.41. The van der Waals surface area contributed by atoms with Crippen LogP contribution in [0.15, 0.2) is 65.1 Å². The van der Waals surface area contributed by atoms with E-state index in [1.807, 2.05) is 35.2 Å². The Bertz CT molecular complexity index is 878. The van der Waals surface area contributed by atoms with Crippen molar-refractivity contribution in [2.75, 3.05) is 31.1 Å². The molecule has 1 aliphatic rings. The fraction of sp³-hybridized carbons (Fsp3) is 0.250. The molecule has 1 amide bonds. The number of carbonyl (C=O) groups is 1. The first-order valence-electron chi connectivity index (χ1n) is 8.87. The molecule has 3 aromatic rings. The number of benzene rings is 1. The predicted octanol–water partition coefficient (Wildman–Crippen LogP) is 3.79. The summed E-state index contributed by atoms with van der Waals surface area (Å²) in [6.45, 7) is 2.86. The van der Waals surface area contributed by atoms with E-state index in [2.05, 4.69) is 32.4 Å². The summed E-state index contributed by atoms with van der Waals surface area (Å²) in [5.74, 6) is 1.73. The summed E-state index contributed by atoms with van der Waals surface area (Å²) < 4.78 is 0. The molecule has 0 N–H and O–H groups in total. The zero-order valence-electron chi connectivity index (χ0n) is 14.8. The second-order valence-corrected chi connectivity index (χ2v) is 8.24. The van der Waals surface area contributed by atoms with E-state index in [1.165, 1.54) is 4.88 Å². The Kier molecular flexibility index (Phi) is 5.69. The molecule has 0 radical (unpaired) electrons. The van der Waals surface area contributed by atoms with Gasteiger partial charge in [-0.15, -0.1) is 23.1 Å². The van der Waals surface area contributed by atoms with Gasteiger partial charge < -0.3 is 9.80 Å². The van der Waals surface area contributed by atoms with E-state index in [-0.39, 0.29) is 5.91 Å². The Hall–Kier alpha value is -2.38. The Morgan fingerprint density at radius 2 is 1.78 bits per heavy atom. The third-order valence-electron chi connectivity index (χ3n) is 4.47. The van der Waals surface area contributed by atoms with Crippen LogP contribution in [0.1, 0.15) is 15.2 Å². The van der Waals surface area contributed by atoms with Crippen molar-refractivity contribution >= 4 is 35.0 Å². The van der Waals surface area contributed by atoms with Gasteiger partial charge in [0.15, 0.2) is 0 Å². The summed E-state index contributed by atoms with van der Waals surface area (Å²) in [5.41, 5.74) is 0.795. The molecule has 0 spiro atoms.